The first kappa shape index (κ1) is 27.3. The van der Waals surface area contributed by atoms with Gasteiger partial charge in [0, 0.05) is 27.7 Å². The van der Waals surface area contributed by atoms with Gasteiger partial charge in [-0.2, -0.15) is 9.78 Å². The Kier molecular flexibility index (Phi) is 7.07. The summed E-state index contributed by atoms with van der Waals surface area (Å²) in [6.07, 6.45) is 2.99. The van der Waals surface area contributed by atoms with E-state index in [1.807, 2.05) is 94.5 Å². The number of hydrogen-bond donors (Lipinski definition) is 2. The molecule has 1 saturated heterocycles. The number of anilines is 3. The molecule has 0 aliphatic carbocycles. The summed E-state index contributed by atoms with van der Waals surface area (Å²) in [6.45, 7) is 6.39. The molecule has 10 heteroatoms. The van der Waals surface area contributed by atoms with Crippen LogP contribution in [0.5, 0.6) is 0 Å². The van der Waals surface area contributed by atoms with E-state index < -0.39 is 11.7 Å². The van der Waals surface area contributed by atoms with Gasteiger partial charge in [0.05, 0.1) is 23.3 Å². The summed E-state index contributed by atoms with van der Waals surface area (Å²) < 4.78 is 6.75. The summed E-state index contributed by atoms with van der Waals surface area (Å²) in [7, 11) is 1.98. The van der Waals surface area contributed by atoms with Gasteiger partial charge in [0.15, 0.2) is 5.82 Å². The number of carbonyl (C=O) groups is 2. The average Bonchev–Trinajstić information content (AvgIpc) is 3.58. The van der Waals surface area contributed by atoms with Crippen molar-refractivity contribution in [2.75, 3.05) is 24.2 Å². The summed E-state index contributed by atoms with van der Waals surface area (Å²) in [5.74, 6) is 1.17. The third-order valence-corrected chi connectivity index (χ3v) is 7.21. The molecule has 0 saturated carbocycles. The minimum Gasteiger partial charge on any atom is -0.442 e. The number of likely N-dealkylation sites (tertiary alicyclic amines) is 1. The molecular formula is C32H33N7O3. The SMILES string of the molecule is CN1CCC[C@H]1C(=O)Nc1cccc(-c2nc(Nc3ccc4c(cnn4C(=O)OC(C)(C)C)c3)c3ccccc3n2)c1. The van der Waals surface area contributed by atoms with Crippen molar-refractivity contribution in [3.05, 3.63) is 72.9 Å². The smallest absolute Gasteiger partial charge is 0.435 e. The highest BCUT2D eigenvalue weighted by Gasteiger charge is 2.27. The van der Waals surface area contributed by atoms with Crippen molar-refractivity contribution in [1.82, 2.24) is 24.6 Å². The maximum Gasteiger partial charge on any atom is 0.435 e. The summed E-state index contributed by atoms with van der Waals surface area (Å²) in [4.78, 5) is 37.3. The Bertz CT molecular complexity index is 1810. The van der Waals surface area contributed by atoms with Gasteiger partial charge in [0.25, 0.3) is 0 Å². The number of fused-ring (bicyclic) bond motifs is 2. The highest BCUT2D eigenvalue weighted by molar-refractivity contribution is 5.96. The molecule has 1 atom stereocenters. The van der Waals surface area contributed by atoms with Crippen LogP contribution in [0, 0.1) is 0 Å². The first-order valence-electron chi connectivity index (χ1n) is 14.0. The average molecular weight is 564 g/mol. The highest BCUT2D eigenvalue weighted by atomic mass is 16.6. The minimum absolute atomic E-state index is 0.000631. The predicted octanol–water partition coefficient (Wildman–Crippen LogP) is 6.21. The maximum atomic E-state index is 12.9. The van der Waals surface area contributed by atoms with Crippen molar-refractivity contribution >= 4 is 51.0 Å². The van der Waals surface area contributed by atoms with Gasteiger partial charge in [0.2, 0.25) is 5.91 Å². The van der Waals surface area contributed by atoms with E-state index >= 15 is 0 Å². The van der Waals surface area contributed by atoms with Gasteiger partial charge in [-0.3, -0.25) is 9.69 Å². The number of nitrogens with one attached hydrogen (secondary N) is 2. The van der Waals surface area contributed by atoms with Crippen LogP contribution in [0.25, 0.3) is 33.2 Å². The summed E-state index contributed by atoms with van der Waals surface area (Å²) in [5, 5.41) is 12.4. The van der Waals surface area contributed by atoms with E-state index in [2.05, 4.69) is 20.6 Å². The molecule has 1 aliphatic heterocycles. The zero-order chi connectivity index (χ0) is 29.4. The van der Waals surface area contributed by atoms with Crippen LogP contribution in [0.15, 0.2) is 72.9 Å². The fraction of sp³-hybridized carbons (Fsp3) is 0.281. The van der Waals surface area contributed by atoms with Crippen LogP contribution in [0.3, 0.4) is 0 Å². The fourth-order valence-corrected chi connectivity index (χ4v) is 5.20. The van der Waals surface area contributed by atoms with Gasteiger partial charge in [-0.1, -0.05) is 24.3 Å². The van der Waals surface area contributed by atoms with Crippen LogP contribution < -0.4 is 10.6 Å². The Morgan fingerprint density at radius 1 is 0.976 bits per heavy atom. The Morgan fingerprint density at radius 3 is 2.60 bits per heavy atom. The summed E-state index contributed by atoms with van der Waals surface area (Å²) in [6, 6.07) is 20.9. The lowest BCUT2D eigenvalue weighted by Gasteiger charge is -2.19. The van der Waals surface area contributed by atoms with Gasteiger partial charge in [-0.05, 0) is 89.7 Å². The Labute approximate surface area is 243 Å². The molecule has 6 rings (SSSR count). The second-order valence-electron chi connectivity index (χ2n) is 11.6. The second kappa shape index (κ2) is 10.9. The van der Waals surface area contributed by atoms with E-state index in [9.17, 15) is 9.59 Å². The molecule has 214 valence electrons. The molecule has 0 unspecified atom stereocenters. The van der Waals surface area contributed by atoms with Gasteiger partial charge < -0.3 is 15.4 Å². The van der Waals surface area contributed by atoms with E-state index in [-0.39, 0.29) is 11.9 Å². The maximum absolute atomic E-state index is 12.9. The number of likely N-dealkylation sites (N-methyl/N-ethyl adjacent to an activating group) is 1. The molecule has 2 aromatic heterocycles. The van der Waals surface area contributed by atoms with Crippen molar-refractivity contribution in [2.45, 2.75) is 45.3 Å². The van der Waals surface area contributed by atoms with Gasteiger partial charge in [-0.15, -0.1) is 0 Å². The molecule has 1 fully saturated rings. The van der Waals surface area contributed by atoms with Crippen molar-refractivity contribution in [2.24, 2.45) is 0 Å². The second-order valence-corrected chi connectivity index (χ2v) is 11.6. The Hall–Kier alpha value is -4.83. The van der Waals surface area contributed by atoms with E-state index in [4.69, 9.17) is 14.7 Å². The van der Waals surface area contributed by atoms with E-state index in [0.717, 1.165) is 46.9 Å². The molecule has 3 aromatic carbocycles. The number of benzene rings is 3. The number of aromatic nitrogens is 4. The van der Waals surface area contributed by atoms with Crippen molar-refractivity contribution < 1.29 is 14.3 Å². The van der Waals surface area contributed by atoms with Crippen molar-refractivity contribution in [1.29, 1.82) is 0 Å². The lowest BCUT2D eigenvalue weighted by molar-refractivity contribution is -0.119. The third kappa shape index (κ3) is 5.66. The molecule has 0 spiro atoms. The molecule has 2 N–H and O–H groups in total. The number of carbonyl (C=O) groups excluding carboxylic acids is 2. The molecule has 10 nitrogen and oxygen atoms in total. The first-order chi connectivity index (χ1) is 20.1. The van der Waals surface area contributed by atoms with Crippen LogP contribution in [0.1, 0.15) is 33.6 Å². The lowest BCUT2D eigenvalue weighted by Crippen LogP contribution is -2.37. The Morgan fingerprint density at radius 2 is 1.81 bits per heavy atom. The van der Waals surface area contributed by atoms with Crippen LogP contribution in [0.2, 0.25) is 0 Å². The molecule has 1 amide bonds. The number of para-hydroxylation sites is 1. The number of rotatable bonds is 5. The number of nitrogens with zero attached hydrogens (tertiary/aromatic N) is 5. The van der Waals surface area contributed by atoms with Gasteiger partial charge in [-0.25, -0.2) is 14.8 Å². The molecule has 1 aliphatic rings. The largest absolute Gasteiger partial charge is 0.442 e. The van der Waals surface area contributed by atoms with Gasteiger partial charge >= 0.3 is 6.09 Å². The monoisotopic (exact) mass is 563 g/mol. The molecular weight excluding hydrogens is 530 g/mol. The van der Waals surface area contributed by atoms with Crippen LogP contribution in [-0.2, 0) is 9.53 Å². The number of amides is 1. The summed E-state index contributed by atoms with van der Waals surface area (Å²) >= 11 is 0. The third-order valence-electron chi connectivity index (χ3n) is 7.21. The highest BCUT2D eigenvalue weighted by Crippen LogP contribution is 2.30. The standard InChI is InChI=1S/C32H33N7O3/c1-32(2,3)42-31(41)39-26-15-14-23(18-21(26)19-33-39)34-29-24-11-5-6-12-25(24)36-28(37-29)20-9-7-10-22(17-20)35-30(40)27-13-8-16-38(27)4/h5-7,9-12,14-15,17-19,27H,8,13,16H2,1-4H3,(H,35,40)(H,34,36,37)/t27-/m0/s1. The van der Waals surface area contributed by atoms with Crippen molar-refractivity contribution in [3.8, 4) is 11.4 Å². The molecule has 0 radical (unpaired) electrons. The van der Waals surface area contributed by atoms with Gasteiger partial charge in [0.1, 0.15) is 11.4 Å². The number of ether oxygens (including phenoxy) is 1. The molecule has 0 bridgehead atoms. The predicted molar refractivity (Wildman–Crippen MR) is 164 cm³/mol. The van der Waals surface area contributed by atoms with Crippen LogP contribution >= 0.6 is 0 Å². The van der Waals surface area contributed by atoms with E-state index in [1.165, 1.54) is 4.68 Å². The summed E-state index contributed by atoms with van der Waals surface area (Å²) in [5.41, 5.74) is 3.08. The quantitative estimate of drug-likeness (QED) is 0.260. The molecule has 42 heavy (non-hydrogen) atoms. The zero-order valence-electron chi connectivity index (χ0n) is 24.1. The van der Waals surface area contributed by atoms with E-state index in [1.54, 1.807) is 6.20 Å². The van der Waals surface area contributed by atoms with Crippen LogP contribution in [0.4, 0.5) is 22.0 Å². The lowest BCUT2D eigenvalue weighted by atomic mass is 10.1. The zero-order valence-corrected chi connectivity index (χ0v) is 24.1. The number of hydrogen-bond acceptors (Lipinski definition) is 8. The molecule has 5 aromatic rings. The topological polar surface area (TPSA) is 114 Å². The minimum atomic E-state index is -0.625. The first-order valence-corrected chi connectivity index (χ1v) is 14.0. The fourth-order valence-electron chi connectivity index (χ4n) is 5.20. The molecule has 3 heterocycles. The Balaban J connectivity index is 1.30. The van der Waals surface area contributed by atoms with Crippen LogP contribution in [-0.4, -0.2) is 61.9 Å². The van der Waals surface area contributed by atoms with E-state index in [0.29, 0.717) is 22.8 Å². The van der Waals surface area contributed by atoms with Crippen molar-refractivity contribution in [3.63, 3.8) is 0 Å². The normalized spacial score (nSPS) is 15.7.